The molecular weight excluding hydrogens is 160 g/mol. The number of hydrogen-bond donors (Lipinski definition) is 0. The van der Waals surface area contributed by atoms with E-state index in [4.69, 9.17) is 13.3 Å². The lowest BCUT2D eigenvalue weighted by Gasteiger charge is -2.23. The monoisotopic (exact) mass is 177 g/mol. The molecule has 0 atom stereocenters. The van der Waals surface area contributed by atoms with Gasteiger partial charge in [0.1, 0.15) is 0 Å². The first-order chi connectivity index (χ1) is 5.24. The maximum Gasteiger partial charge on any atom is 0.503 e. The highest BCUT2D eigenvalue weighted by atomic mass is 28.4. The maximum atomic E-state index is 5.18. The summed E-state index contributed by atoms with van der Waals surface area (Å²) >= 11 is 0. The summed E-state index contributed by atoms with van der Waals surface area (Å²) in [6.45, 7) is 2.11. The van der Waals surface area contributed by atoms with E-state index in [1.807, 2.05) is 6.04 Å². The molecule has 0 saturated carbocycles. The lowest BCUT2D eigenvalue weighted by Crippen LogP contribution is -2.43. The van der Waals surface area contributed by atoms with Gasteiger partial charge in [-0.25, -0.2) is 0 Å². The van der Waals surface area contributed by atoms with Gasteiger partial charge in [-0.2, -0.15) is 0 Å². The van der Waals surface area contributed by atoms with Gasteiger partial charge in [0, 0.05) is 27.4 Å². The van der Waals surface area contributed by atoms with Gasteiger partial charge in [0.2, 0.25) is 0 Å². The molecule has 1 radical (unpaired) electrons. The van der Waals surface area contributed by atoms with Crippen molar-refractivity contribution in [2.45, 2.75) is 19.8 Å². The van der Waals surface area contributed by atoms with Gasteiger partial charge in [0.05, 0.1) is 0 Å². The van der Waals surface area contributed by atoms with E-state index in [-0.39, 0.29) is 0 Å². The molecule has 4 heteroatoms. The summed E-state index contributed by atoms with van der Waals surface area (Å²) in [6, 6.07) is 2.01. The minimum atomic E-state index is -2.36. The summed E-state index contributed by atoms with van der Waals surface area (Å²) in [5.41, 5.74) is 0. The standard InChI is InChI=1S/C7H17O3Si/c1-5-6-7-11(8-2,9-3)10-4/h7H,5-6H2,1-4H3. The largest absolute Gasteiger partial charge is 0.503 e. The van der Waals surface area contributed by atoms with Crippen molar-refractivity contribution in [1.82, 2.24) is 0 Å². The van der Waals surface area contributed by atoms with Crippen LogP contribution in [0.5, 0.6) is 0 Å². The van der Waals surface area contributed by atoms with Gasteiger partial charge in [-0.05, 0) is 6.42 Å². The van der Waals surface area contributed by atoms with Crippen LogP contribution in [0, 0.1) is 6.04 Å². The van der Waals surface area contributed by atoms with Gasteiger partial charge in [-0.1, -0.05) is 13.3 Å². The van der Waals surface area contributed by atoms with Crippen molar-refractivity contribution in [3.63, 3.8) is 0 Å². The minimum absolute atomic E-state index is 0.974. The summed E-state index contributed by atoms with van der Waals surface area (Å²) in [5, 5.41) is 0. The zero-order valence-electron chi connectivity index (χ0n) is 7.72. The molecule has 0 bridgehead atoms. The third-order valence-corrected chi connectivity index (χ3v) is 4.03. The van der Waals surface area contributed by atoms with Crippen LogP contribution in [0.2, 0.25) is 0 Å². The third-order valence-electron chi connectivity index (χ3n) is 1.54. The Morgan fingerprint density at radius 1 is 1.09 bits per heavy atom. The van der Waals surface area contributed by atoms with Gasteiger partial charge in [-0.3, -0.25) is 0 Å². The first-order valence-corrected chi connectivity index (χ1v) is 5.54. The highest BCUT2D eigenvalue weighted by Crippen LogP contribution is 2.12. The summed E-state index contributed by atoms with van der Waals surface area (Å²) in [6.07, 6.45) is 2.06. The maximum absolute atomic E-state index is 5.18. The quantitative estimate of drug-likeness (QED) is 0.574. The molecule has 67 valence electrons. The first-order valence-electron chi connectivity index (χ1n) is 3.74. The molecule has 0 saturated heterocycles. The van der Waals surface area contributed by atoms with Crippen molar-refractivity contribution < 1.29 is 13.3 Å². The Hall–Kier alpha value is 0.0969. The first kappa shape index (κ1) is 11.1. The second-order valence-corrected chi connectivity index (χ2v) is 5.05. The average molecular weight is 177 g/mol. The van der Waals surface area contributed by atoms with Gasteiger partial charge < -0.3 is 13.3 Å². The Morgan fingerprint density at radius 3 is 1.82 bits per heavy atom. The molecule has 0 aliphatic carbocycles. The van der Waals surface area contributed by atoms with Gasteiger partial charge >= 0.3 is 8.80 Å². The van der Waals surface area contributed by atoms with Crippen molar-refractivity contribution in [1.29, 1.82) is 0 Å². The molecule has 0 amide bonds. The van der Waals surface area contributed by atoms with E-state index in [9.17, 15) is 0 Å². The molecule has 11 heavy (non-hydrogen) atoms. The molecule has 0 aromatic heterocycles. The van der Waals surface area contributed by atoms with E-state index in [1.165, 1.54) is 0 Å². The van der Waals surface area contributed by atoms with E-state index in [2.05, 4.69) is 6.92 Å². The van der Waals surface area contributed by atoms with Crippen LogP contribution in [0.3, 0.4) is 0 Å². The number of hydrogen-bond acceptors (Lipinski definition) is 3. The molecular formula is C7H17O3Si. The van der Waals surface area contributed by atoms with Crippen molar-refractivity contribution in [2.75, 3.05) is 21.3 Å². The van der Waals surface area contributed by atoms with Crippen LogP contribution < -0.4 is 0 Å². The molecule has 0 aromatic carbocycles. The summed E-state index contributed by atoms with van der Waals surface area (Å²) in [5.74, 6) is 0. The van der Waals surface area contributed by atoms with Crippen LogP contribution in [0.15, 0.2) is 0 Å². The predicted octanol–water partition coefficient (Wildman–Crippen LogP) is 1.41. The fraction of sp³-hybridized carbons (Fsp3) is 0.857. The lowest BCUT2D eigenvalue weighted by atomic mass is 10.4. The van der Waals surface area contributed by atoms with Crippen molar-refractivity contribution in [3.8, 4) is 0 Å². The molecule has 0 N–H and O–H groups in total. The minimum Gasteiger partial charge on any atom is -0.377 e. The Bertz CT molecular complexity index is 85.4. The van der Waals surface area contributed by atoms with Crippen molar-refractivity contribution in [3.05, 3.63) is 6.04 Å². The molecule has 0 aliphatic rings. The molecule has 0 rings (SSSR count). The van der Waals surface area contributed by atoms with Gasteiger partial charge in [-0.15, -0.1) is 0 Å². The Balaban J connectivity index is 3.84. The molecule has 0 unspecified atom stereocenters. The topological polar surface area (TPSA) is 27.7 Å². The van der Waals surface area contributed by atoms with Crippen LogP contribution in [-0.4, -0.2) is 30.1 Å². The number of rotatable bonds is 6. The number of unbranched alkanes of at least 4 members (excludes halogenated alkanes) is 1. The van der Waals surface area contributed by atoms with Gasteiger partial charge in [0.15, 0.2) is 0 Å². The van der Waals surface area contributed by atoms with E-state index in [0.717, 1.165) is 12.8 Å². The molecule has 0 fully saturated rings. The Kier molecular flexibility index (Phi) is 5.76. The second kappa shape index (κ2) is 5.71. The van der Waals surface area contributed by atoms with E-state index >= 15 is 0 Å². The van der Waals surface area contributed by atoms with Crippen molar-refractivity contribution >= 4 is 8.80 Å². The second-order valence-electron chi connectivity index (χ2n) is 2.21. The van der Waals surface area contributed by atoms with E-state index in [0.29, 0.717) is 0 Å². The van der Waals surface area contributed by atoms with Crippen LogP contribution in [-0.2, 0) is 13.3 Å². The fourth-order valence-corrected chi connectivity index (χ4v) is 2.46. The van der Waals surface area contributed by atoms with Crippen LogP contribution >= 0.6 is 0 Å². The normalized spacial score (nSPS) is 12.0. The van der Waals surface area contributed by atoms with Crippen LogP contribution in [0.4, 0.5) is 0 Å². The SMILES string of the molecule is CCC[CH][Si](OC)(OC)OC. The highest BCUT2D eigenvalue weighted by Gasteiger charge is 2.36. The summed E-state index contributed by atoms with van der Waals surface area (Å²) < 4.78 is 15.5. The van der Waals surface area contributed by atoms with Crippen LogP contribution in [0.1, 0.15) is 19.8 Å². The summed E-state index contributed by atoms with van der Waals surface area (Å²) in [4.78, 5) is 0. The molecule has 0 heterocycles. The molecule has 0 spiro atoms. The fourth-order valence-electron chi connectivity index (χ4n) is 0.821. The average Bonchev–Trinajstić information content (AvgIpc) is 2.08. The highest BCUT2D eigenvalue weighted by molar-refractivity contribution is 6.64. The smallest absolute Gasteiger partial charge is 0.377 e. The Morgan fingerprint density at radius 2 is 1.55 bits per heavy atom. The molecule has 0 aromatic rings. The van der Waals surface area contributed by atoms with Crippen molar-refractivity contribution in [2.24, 2.45) is 0 Å². The zero-order valence-corrected chi connectivity index (χ0v) is 8.72. The lowest BCUT2D eigenvalue weighted by molar-refractivity contribution is 0.132. The van der Waals surface area contributed by atoms with Gasteiger partial charge in [0.25, 0.3) is 0 Å². The van der Waals surface area contributed by atoms with Crippen LogP contribution in [0.25, 0.3) is 0 Å². The predicted molar refractivity (Wildman–Crippen MR) is 46.0 cm³/mol. The van der Waals surface area contributed by atoms with E-state index in [1.54, 1.807) is 21.3 Å². The summed E-state index contributed by atoms with van der Waals surface area (Å²) in [7, 11) is 2.49. The molecule has 3 nitrogen and oxygen atoms in total. The van der Waals surface area contributed by atoms with E-state index < -0.39 is 8.80 Å². The third kappa shape index (κ3) is 3.33. The zero-order chi connectivity index (χ0) is 8.74. The molecule has 0 aliphatic heterocycles. The Labute approximate surface area is 70.0 Å².